The third kappa shape index (κ3) is 10.7. The summed E-state index contributed by atoms with van der Waals surface area (Å²) in [5, 5.41) is 14.8. The number of aromatic carboxylic acids is 1. The molecule has 0 saturated carbocycles. The van der Waals surface area contributed by atoms with Crippen molar-refractivity contribution in [3.05, 3.63) is 127 Å². The Bertz CT molecular complexity index is 1930. The number of hydrogen-bond donors (Lipinski definition) is 0. The average molecular weight is 764 g/mol. The van der Waals surface area contributed by atoms with Crippen LogP contribution in [-0.2, 0) is 42.9 Å². The monoisotopic (exact) mass is 765 g/mol. The van der Waals surface area contributed by atoms with Crippen molar-refractivity contribution in [2.45, 2.75) is 4.90 Å². The van der Waals surface area contributed by atoms with Gasteiger partial charge in [-0.25, -0.2) is 8.42 Å². The molecule has 47 heavy (non-hydrogen) atoms. The normalized spacial score (nSPS) is 9.55. The standard InChI is InChI=1S/2C12H8N2.C7H6O5S.Cd.5H2O/c2*1-3-9-5-6-10-4-2-8-14-12(10)11(9)13-7-1;8-7(9)5-2-1-3-6(4-5)13(10,11)12;;;;;;/h2*1-8H;1-4H,(H,8,9)(H,10,11,12);;5*1H2/q;;;+2;;;;;/p-1. The first-order valence-corrected chi connectivity index (χ1v) is 13.7. The van der Waals surface area contributed by atoms with E-state index in [0.717, 1.165) is 67.9 Å². The predicted octanol–water partition coefficient (Wildman–Crippen LogP) is 0.297. The molecular formula is C31H31CdN4O10S+. The maximum absolute atomic E-state index is 10.4. The van der Waals surface area contributed by atoms with Crippen LogP contribution in [0.3, 0.4) is 0 Å². The largest absolute Gasteiger partial charge is 2.00 e. The summed E-state index contributed by atoms with van der Waals surface area (Å²) < 4.78 is 31.3. The van der Waals surface area contributed by atoms with Gasteiger partial charge in [0.1, 0.15) is 10.1 Å². The number of fused-ring (bicyclic) bond motifs is 6. The third-order valence-electron chi connectivity index (χ3n) is 6.05. The van der Waals surface area contributed by atoms with Crippen LogP contribution in [0.25, 0.3) is 43.6 Å². The number of carbonyl (C=O) groups is 1. The van der Waals surface area contributed by atoms with Gasteiger partial charge in [-0.2, -0.15) is 0 Å². The number of carboxylic acids is 1. The molecule has 0 atom stereocenters. The van der Waals surface area contributed by atoms with E-state index >= 15 is 0 Å². The molecule has 0 amide bonds. The van der Waals surface area contributed by atoms with Crippen molar-refractivity contribution in [2.24, 2.45) is 0 Å². The molecule has 0 aliphatic heterocycles. The number of aromatic nitrogens is 4. The maximum atomic E-state index is 10.4. The third-order valence-corrected chi connectivity index (χ3v) is 6.88. The van der Waals surface area contributed by atoms with Crippen molar-refractivity contribution in [2.75, 3.05) is 0 Å². The minimum Gasteiger partial charge on any atom is -0.744 e. The molecular weight excluding hydrogens is 733 g/mol. The molecule has 7 rings (SSSR count). The maximum Gasteiger partial charge on any atom is 2.00 e. The first-order chi connectivity index (χ1) is 19.8. The van der Waals surface area contributed by atoms with Crippen LogP contribution >= 0.6 is 0 Å². The van der Waals surface area contributed by atoms with Crippen molar-refractivity contribution in [1.82, 2.24) is 19.9 Å². The van der Waals surface area contributed by atoms with Crippen molar-refractivity contribution in [1.29, 1.82) is 0 Å². The smallest absolute Gasteiger partial charge is 0.744 e. The van der Waals surface area contributed by atoms with Crippen molar-refractivity contribution in [3.8, 4) is 0 Å². The second-order valence-corrected chi connectivity index (χ2v) is 10.1. The summed E-state index contributed by atoms with van der Waals surface area (Å²) in [4.78, 5) is 27.1. The summed E-state index contributed by atoms with van der Waals surface area (Å²) in [7, 11) is -4.60. The first kappa shape index (κ1) is 44.5. The van der Waals surface area contributed by atoms with Crippen LogP contribution in [0.2, 0.25) is 0 Å². The van der Waals surface area contributed by atoms with Crippen LogP contribution in [-0.4, -0.2) is 60.8 Å². The number of pyridine rings is 4. The van der Waals surface area contributed by atoms with Crippen LogP contribution in [0.1, 0.15) is 10.4 Å². The van der Waals surface area contributed by atoms with Gasteiger partial charge in [0.15, 0.2) is 0 Å². The van der Waals surface area contributed by atoms with Crippen molar-refractivity contribution < 1.29 is 77.6 Å². The first-order valence-electron chi connectivity index (χ1n) is 12.3. The van der Waals surface area contributed by atoms with Gasteiger partial charge in [-0.15, -0.1) is 0 Å². The fraction of sp³-hybridized carbons (Fsp3) is 0. The summed E-state index contributed by atoms with van der Waals surface area (Å²) in [6, 6.07) is 28.4. The van der Waals surface area contributed by atoms with Gasteiger partial charge in [0, 0.05) is 46.3 Å². The van der Waals surface area contributed by atoms with E-state index in [1.165, 1.54) is 0 Å². The quantitative estimate of drug-likeness (QED) is 0.101. The molecule has 4 aromatic heterocycles. The van der Waals surface area contributed by atoms with Crippen LogP contribution in [0.4, 0.5) is 0 Å². The Labute approximate surface area is 288 Å². The number of carboxylic acid groups (broad SMARTS) is 1. The Balaban J connectivity index is 0. The molecule has 242 valence electrons. The second kappa shape index (κ2) is 19.8. The molecule has 0 fully saturated rings. The number of benzene rings is 3. The summed E-state index contributed by atoms with van der Waals surface area (Å²) in [5.41, 5.74) is 3.57. The van der Waals surface area contributed by atoms with Crippen LogP contribution in [0.5, 0.6) is 0 Å². The zero-order valence-corrected chi connectivity index (χ0v) is 29.4. The molecule has 4 heterocycles. The Hall–Kier alpha value is -4.60. The Morgan fingerprint density at radius 1 is 0.532 bits per heavy atom. The SMILES string of the molecule is O.O.O.O.O=C([O-])c1cccc(S(=O)(=O)[O-])c1.[Cd+2].[OH3+].c1cnc2c(c1)ccc1cccnc12.c1cnc2c(c1)ccc1cccnc12. The van der Waals surface area contributed by atoms with E-state index in [1.807, 2.05) is 24.3 Å². The zero-order chi connectivity index (χ0) is 28.8. The minimum atomic E-state index is -4.60. The number of nitrogens with zero attached hydrogens (tertiary/aromatic N) is 4. The van der Waals surface area contributed by atoms with Gasteiger partial charge >= 0.3 is 27.3 Å². The minimum absolute atomic E-state index is 0. The van der Waals surface area contributed by atoms with E-state index in [-0.39, 0.29) is 60.2 Å². The molecule has 0 unspecified atom stereocenters. The van der Waals surface area contributed by atoms with Crippen molar-refractivity contribution in [3.63, 3.8) is 0 Å². The van der Waals surface area contributed by atoms with Gasteiger partial charge in [0.2, 0.25) is 0 Å². The van der Waals surface area contributed by atoms with E-state index in [0.29, 0.717) is 0 Å². The number of rotatable bonds is 2. The Morgan fingerprint density at radius 2 is 0.851 bits per heavy atom. The fourth-order valence-corrected chi connectivity index (χ4v) is 4.65. The molecule has 14 nitrogen and oxygen atoms in total. The predicted molar refractivity (Wildman–Crippen MR) is 172 cm³/mol. The molecule has 16 heteroatoms. The molecule has 0 aliphatic rings. The summed E-state index contributed by atoms with van der Waals surface area (Å²) in [5.74, 6) is -1.52. The molecule has 7 aromatic rings. The van der Waals surface area contributed by atoms with Gasteiger partial charge in [0.25, 0.3) is 0 Å². The van der Waals surface area contributed by atoms with Gasteiger partial charge in [-0.3, -0.25) is 19.9 Å². The van der Waals surface area contributed by atoms with E-state index in [2.05, 4.69) is 68.5 Å². The van der Waals surface area contributed by atoms with E-state index < -0.39 is 21.0 Å². The Kier molecular flexibility index (Phi) is 18.8. The van der Waals surface area contributed by atoms with Crippen LogP contribution in [0, 0.1) is 0 Å². The molecule has 3 aromatic carbocycles. The second-order valence-electron chi connectivity index (χ2n) is 8.70. The average Bonchev–Trinajstić information content (AvgIpc) is 3.01. The Morgan fingerprint density at radius 3 is 1.13 bits per heavy atom. The molecule has 0 aliphatic carbocycles. The van der Waals surface area contributed by atoms with Crippen LogP contribution < -0.4 is 5.11 Å². The fourth-order valence-electron chi connectivity index (χ4n) is 4.14. The summed E-state index contributed by atoms with van der Waals surface area (Å²) in [6.07, 6.45) is 7.21. The zero-order valence-electron chi connectivity index (χ0n) is 24.6. The van der Waals surface area contributed by atoms with Gasteiger partial charge in [0.05, 0.1) is 32.9 Å². The molecule has 11 N–H and O–H groups in total. The summed E-state index contributed by atoms with van der Waals surface area (Å²) >= 11 is 0. The molecule has 0 radical (unpaired) electrons. The number of hydrogen-bond acceptors (Lipinski definition) is 9. The van der Waals surface area contributed by atoms with E-state index in [1.54, 1.807) is 24.8 Å². The molecule has 0 saturated heterocycles. The summed E-state index contributed by atoms with van der Waals surface area (Å²) in [6.45, 7) is 0. The topological polar surface area (TPSA) is 308 Å². The van der Waals surface area contributed by atoms with E-state index in [9.17, 15) is 22.9 Å². The van der Waals surface area contributed by atoms with Gasteiger partial charge in [-0.05, 0) is 42.0 Å². The molecule has 0 spiro atoms. The van der Waals surface area contributed by atoms with Crippen molar-refractivity contribution >= 4 is 59.7 Å². The van der Waals surface area contributed by atoms with Crippen LogP contribution in [0.15, 0.2) is 127 Å². The van der Waals surface area contributed by atoms with Gasteiger partial charge in [-0.1, -0.05) is 60.7 Å². The molecule has 0 bridgehead atoms. The number of carbonyl (C=O) groups excluding carboxylic acids is 1. The van der Waals surface area contributed by atoms with Gasteiger partial charge < -0.3 is 41.8 Å². The van der Waals surface area contributed by atoms with E-state index in [4.69, 9.17) is 0 Å².